The number of likely N-dealkylation sites (tertiary alicyclic amines) is 1. The molecule has 1 aliphatic rings. The quantitative estimate of drug-likeness (QED) is 0.696. The number of hydrogen-bond acceptors (Lipinski definition) is 3. The van der Waals surface area contributed by atoms with Crippen molar-refractivity contribution in [2.75, 3.05) is 13.2 Å². The van der Waals surface area contributed by atoms with E-state index in [1.807, 2.05) is 30.3 Å². The molecule has 3 aromatic rings. The van der Waals surface area contributed by atoms with Gasteiger partial charge >= 0.3 is 5.97 Å². The predicted octanol–water partition coefficient (Wildman–Crippen LogP) is 4.38. The molecule has 4 heteroatoms. The van der Waals surface area contributed by atoms with Crippen LogP contribution < -0.4 is 0 Å². The number of carbonyl (C=O) groups is 1. The number of nitrogens with zero attached hydrogens (tertiary/aromatic N) is 1. The molecule has 1 saturated heterocycles. The van der Waals surface area contributed by atoms with Crippen molar-refractivity contribution in [3.05, 3.63) is 71.9 Å². The fourth-order valence-corrected chi connectivity index (χ4v) is 3.76. The van der Waals surface area contributed by atoms with E-state index in [1.165, 1.54) is 18.4 Å². The van der Waals surface area contributed by atoms with Gasteiger partial charge in [0, 0.05) is 29.7 Å². The standard InChI is InChI=1S/C22H24N2O2/c25-22(20-14-23-21-12-5-4-11-19(20)21)26-16-18-10-6-7-13-24(18)15-17-8-2-1-3-9-17/h1-5,8-9,11-12,14,18,23H,6-7,10,13,15-16H2. The molecule has 2 heterocycles. The van der Waals surface area contributed by atoms with Crippen molar-refractivity contribution >= 4 is 16.9 Å². The fraction of sp³-hybridized carbons (Fsp3) is 0.318. The molecule has 1 fully saturated rings. The highest BCUT2D eigenvalue weighted by atomic mass is 16.5. The lowest BCUT2D eigenvalue weighted by atomic mass is 10.0. The van der Waals surface area contributed by atoms with E-state index in [-0.39, 0.29) is 12.0 Å². The van der Waals surface area contributed by atoms with Gasteiger partial charge in [-0.1, -0.05) is 55.0 Å². The van der Waals surface area contributed by atoms with Crippen molar-refractivity contribution in [1.29, 1.82) is 0 Å². The van der Waals surface area contributed by atoms with Crippen molar-refractivity contribution in [3.8, 4) is 0 Å². The molecular formula is C22H24N2O2. The van der Waals surface area contributed by atoms with Gasteiger partial charge in [0.1, 0.15) is 6.61 Å². The maximum Gasteiger partial charge on any atom is 0.340 e. The predicted molar refractivity (Wildman–Crippen MR) is 103 cm³/mol. The highest BCUT2D eigenvalue weighted by molar-refractivity contribution is 6.03. The SMILES string of the molecule is O=C(OCC1CCCCN1Cc1ccccc1)c1c[nH]c2ccccc12. The number of H-pyrrole nitrogens is 1. The van der Waals surface area contributed by atoms with Crippen LogP contribution in [0.2, 0.25) is 0 Å². The number of aromatic amines is 1. The molecule has 0 saturated carbocycles. The van der Waals surface area contributed by atoms with Gasteiger partial charge in [0.15, 0.2) is 0 Å². The van der Waals surface area contributed by atoms with Crippen LogP contribution >= 0.6 is 0 Å². The Balaban J connectivity index is 1.41. The Kier molecular flexibility index (Phi) is 5.02. The molecule has 1 unspecified atom stereocenters. The number of esters is 1. The Morgan fingerprint density at radius 3 is 2.77 bits per heavy atom. The van der Waals surface area contributed by atoms with E-state index >= 15 is 0 Å². The average Bonchev–Trinajstić information content (AvgIpc) is 3.12. The van der Waals surface area contributed by atoms with Gasteiger partial charge in [0.25, 0.3) is 0 Å². The third-order valence-corrected chi connectivity index (χ3v) is 5.19. The molecule has 1 aromatic heterocycles. The van der Waals surface area contributed by atoms with Crippen LogP contribution in [0.4, 0.5) is 0 Å². The van der Waals surface area contributed by atoms with Crippen LogP contribution in [0.5, 0.6) is 0 Å². The zero-order valence-electron chi connectivity index (χ0n) is 14.9. The number of para-hydroxylation sites is 1. The lowest BCUT2D eigenvalue weighted by Gasteiger charge is -2.35. The van der Waals surface area contributed by atoms with Crippen LogP contribution in [0.25, 0.3) is 10.9 Å². The topological polar surface area (TPSA) is 45.3 Å². The van der Waals surface area contributed by atoms with E-state index in [0.717, 1.165) is 30.4 Å². The highest BCUT2D eigenvalue weighted by Gasteiger charge is 2.24. The van der Waals surface area contributed by atoms with Gasteiger partial charge < -0.3 is 9.72 Å². The first-order valence-corrected chi connectivity index (χ1v) is 9.32. The first kappa shape index (κ1) is 16.9. The van der Waals surface area contributed by atoms with Crippen LogP contribution in [-0.2, 0) is 11.3 Å². The molecule has 1 atom stereocenters. The van der Waals surface area contributed by atoms with E-state index in [0.29, 0.717) is 12.2 Å². The summed E-state index contributed by atoms with van der Waals surface area (Å²) in [5, 5.41) is 0.919. The third kappa shape index (κ3) is 3.65. The first-order chi connectivity index (χ1) is 12.8. The van der Waals surface area contributed by atoms with Gasteiger partial charge in [-0.05, 0) is 31.0 Å². The zero-order chi connectivity index (χ0) is 17.8. The number of nitrogens with one attached hydrogen (secondary N) is 1. The zero-order valence-corrected chi connectivity index (χ0v) is 14.9. The minimum absolute atomic E-state index is 0.243. The van der Waals surface area contributed by atoms with E-state index < -0.39 is 0 Å². The molecule has 134 valence electrons. The number of rotatable bonds is 5. The summed E-state index contributed by atoms with van der Waals surface area (Å²) in [6.07, 6.45) is 5.23. The maximum atomic E-state index is 12.6. The molecule has 0 bridgehead atoms. The molecule has 0 spiro atoms. The number of hydrogen-bond donors (Lipinski definition) is 1. The van der Waals surface area contributed by atoms with E-state index in [1.54, 1.807) is 6.20 Å². The Labute approximate surface area is 153 Å². The van der Waals surface area contributed by atoms with Gasteiger partial charge in [-0.3, -0.25) is 4.90 Å². The fourth-order valence-electron chi connectivity index (χ4n) is 3.76. The van der Waals surface area contributed by atoms with Crippen LogP contribution in [-0.4, -0.2) is 35.0 Å². The summed E-state index contributed by atoms with van der Waals surface area (Å²) in [5.41, 5.74) is 2.89. The van der Waals surface area contributed by atoms with Crippen LogP contribution in [0.3, 0.4) is 0 Å². The van der Waals surface area contributed by atoms with Gasteiger partial charge in [0.2, 0.25) is 0 Å². The second-order valence-electron chi connectivity index (χ2n) is 6.95. The largest absolute Gasteiger partial charge is 0.460 e. The Morgan fingerprint density at radius 2 is 1.88 bits per heavy atom. The number of benzene rings is 2. The smallest absolute Gasteiger partial charge is 0.340 e. The Morgan fingerprint density at radius 1 is 1.08 bits per heavy atom. The van der Waals surface area contributed by atoms with Crippen LogP contribution in [0.1, 0.15) is 35.2 Å². The summed E-state index contributed by atoms with van der Waals surface area (Å²) >= 11 is 0. The van der Waals surface area contributed by atoms with E-state index in [4.69, 9.17) is 4.74 Å². The summed E-state index contributed by atoms with van der Waals surface area (Å²) in [6.45, 7) is 2.42. The molecule has 4 rings (SSSR count). The lowest BCUT2D eigenvalue weighted by Crippen LogP contribution is -2.42. The van der Waals surface area contributed by atoms with Crippen molar-refractivity contribution < 1.29 is 9.53 Å². The summed E-state index contributed by atoms with van der Waals surface area (Å²) in [6, 6.07) is 18.6. The normalized spacial score (nSPS) is 18.1. The number of aromatic nitrogens is 1. The second-order valence-corrected chi connectivity index (χ2v) is 6.95. The van der Waals surface area contributed by atoms with Crippen molar-refractivity contribution in [3.63, 3.8) is 0 Å². The molecular weight excluding hydrogens is 324 g/mol. The van der Waals surface area contributed by atoms with Gasteiger partial charge in [0.05, 0.1) is 5.56 Å². The lowest BCUT2D eigenvalue weighted by molar-refractivity contribution is 0.0265. The van der Waals surface area contributed by atoms with Gasteiger partial charge in [-0.15, -0.1) is 0 Å². The number of ether oxygens (including phenoxy) is 1. The molecule has 0 radical (unpaired) electrons. The van der Waals surface area contributed by atoms with Gasteiger partial charge in [-0.2, -0.15) is 0 Å². The monoisotopic (exact) mass is 348 g/mol. The molecule has 0 amide bonds. The maximum absolute atomic E-state index is 12.6. The molecule has 0 aliphatic carbocycles. The van der Waals surface area contributed by atoms with Gasteiger partial charge in [-0.25, -0.2) is 4.79 Å². The molecule has 2 aromatic carbocycles. The third-order valence-electron chi connectivity index (χ3n) is 5.19. The van der Waals surface area contributed by atoms with Crippen molar-refractivity contribution in [2.24, 2.45) is 0 Å². The Bertz CT molecular complexity index is 872. The molecule has 26 heavy (non-hydrogen) atoms. The molecule has 1 N–H and O–H groups in total. The van der Waals surface area contributed by atoms with Crippen molar-refractivity contribution in [2.45, 2.75) is 31.8 Å². The average molecular weight is 348 g/mol. The summed E-state index contributed by atoms with van der Waals surface area (Å²) in [4.78, 5) is 18.1. The Hall–Kier alpha value is -2.59. The van der Waals surface area contributed by atoms with E-state index in [9.17, 15) is 4.79 Å². The molecule has 1 aliphatic heterocycles. The number of fused-ring (bicyclic) bond motifs is 1. The summed E-state index contributed by atoms with van der Waals surface area (Å²) in [5.74, 6) is -0.243. The van der Waals surface area contributed by atoms with Crippen molar-refractivity contribution in [1.82, 2.24) is 9.88 Å². The second kappa shape index (κ2) is 7.75. The highest BCUT2D eigenvalue weighted by Crippen LogP contribution is 2.22. The van der Waals surface area contributed by atoms with E-state index in [2.05, 4.69) is 34.1 Å². The summed E-state index contributed by atoms with van der Waals surface area (Å²) < 4.78 is 5.70. The summed E-state index contributed by atoms with van der Waals surface area (Å²) in [7, 11) is 0. The van der Waals surface area contributed by atoms with Crippen LogP contribution in [0.15, 0.2) is 60.8 Å². The number of piperidine rings is 1. The molecule has 4 nitrogen and oxygen atoms in total. The minimum atomic E-state index is -0.243. The minimum Gasteiger partial charge on any atom is -0.460 e. The van der Waals surface area contributed by atoms with Crippen LogP contribution in [0, 0.1) is 0 Å². The first-order valence-electron chi connectivity index (χ1n) is 9.32. The number of carbonyl (C=O) groups excluding carboxylic acids is 1.